The maximum absolute atomic E-state index is 12.9. The van der Waals surface area contributed by atoms with Gasteiger partial charge in [-0.15, -0.1) is 0 Å². The van der Waals surface area contributed by atoms with Crippen molar-refractivity contribution in [3.8, 4) is 0 Å². The molecule has 38 heavy (non-hydrogen) atoms. The monoisotopic (exact) mass is 680 g/mol. The van der Waals surface area contributed by atoms with Crippen LogP contribution < -0.4 is 20.8 Å². The molecule has 5 N–H and O–H groups in total. The maximum Gasteiger partial charge on any atom is 0.412 e. The highest BCUT2D eigenvalue weighted by Crippen LogP contribution is 2.38. The fraction of sp³-hybridized carbons (Fsp3) is 0.542. The van der Waals surface area contributed by atoms with Crippen molar-refractivity contribution in [2.45, 2.75) is 45.3 Å². The first-order valence-corrected chi connectivity index (χ1v) is 16.1. The molecule has 0 heterocycles. The number of carbonyl (C=O) groups is 3. The van der Waals surface area contributed by atoms with Gasteiger partial charge < -0.3 is 19.7 Å². The van der Waals surface area contributed by atoms with Crippen LogP contribution in [0.3, 0.4) is 0 Å². The minimum absolute atomic E-state index is 0.109. The molecule has 2 amide bonds. The number of allylic oxidation sites excluding steroid dienone is 1. The van der Waals surface area contributed by atoms with Crippen LogP contribution >= 0.6 is 39.5 Å². The van der Waals surface area contributed by atoms with Crippen molar-refractivity contribution in [3.63, 3.8) is 0 Å². The number of hydrogen-bond donors (Lipinski definition) is 5. The van der Waals surface area contributed by atoms with Gasteiger partial charge in [-0.3, -0.25) is 19.5 Å². The summed E-state index contributed by atoms with van der Waals surface area (Å²) in [5.41, 5.74) is 0.534. The van der Waals surface area contributed by atoms with E-state index in [1.807, 2.05) is 6.08 Å². The van der Waals surface area contributed by atoms with Gasteiger partial charge in [-0.1, -0.05) is 57.0 Å². The van der Waals surface area contributed by atoms with Crippen molar-refractivity contribution in [1.82, 2.24) is 15.5 Å². The van der Waals surface area contributed by atoms with Crippen LogP contribution in [-0.2, 0) is 30.0 Å². The molecule has 0 fully saturated rings. The van der Waals surface area contributed by atoms with Crippen LogP contribution in [0.5, 0.6) is 0 Å². The fourth-order valence-corrected chi connectivity index (χ4v) is 6.13. The number of anilines is 1. The molecule has 2 atom stereocenters. The first-order chi connectivity index (χ1) is 18.1. The van der Waals surface area contributed by atoms with Gasteiger partial charge in [0.05, 0.1) is 6.61 Å². The van der Waals surface area contributed by atoms with Crippen LogP contribution in [0.25, 0.3) is 0 Å². The summed E-state index contributed by atoms with van der Waals surface area (Å²) in [5, 5.41) is 21.0. The van der Waals surface area contributed by atoms with E-state index >= 15 is 0 Å². The Bertz CT molecular complexity index is 1000. The molecular weight excluding hydrogens is 647 g/mol. The number of ether oxygens (including phenoxy) is 1. The molecule has 0 saturated carbocycles. The number of amides is 2. The van der Waals surface area contributed by atoms with Crippen molar-refractivity contribution in [1.29, 1.82) is 0 Å². The van der Waals surface area contributed by atoms with Gasteiger partial charge in [0.15, 0.2) is 0 Å². The summed E-state index contributed by atoms with van der Waals surface area (Å²) in [7, 11) is -3.21. The van der Waals surface area contributed by atoms with Crippen LogP contribution in [-0.4, -0.2) is 59.5 Å². The van der Waals surface area contributed by atoms with E-state index in [2.05, 4.69) is 52.7 Å². The molecule has 0 saturated heterocycles. The highest BCUT2D eigenvalue weighted by Gasteiger charge is 2.34. The molecule has 212 valence electrons. The van der Waals surface area contributed by atoms with Gasteiger partial charge in [0.25, 0.3) is 0 Å². The molecule has 1 aliphatic rings. The molecule has 1 aromatic carbocycles. The minimum atomic E-state index is -3.21. The van der Waals surface area contributed by atoms with E-state index < -0.39 is 37.8 Å². The molecule has 1 aliphatic carbocycles. The zero-order chi connectivity index (χ0) is 28.0. The molecule has 0 radical (unpaired) electrons. The SMILES string of the molecule is C[C@@]1(C(=O)NCC(=O)O)CC/C=C/[C@H](OC(=O)Nc2ccc(COP(=O)(NCCBr)NCCBr)cc2)CC1. The van der Waals surface area contributed by atoms with E-state index in [9.17, 15) is 18.9 Å². The molecule has 0 aromatic heterocycles. The maximum atomic E-state index is 12.9. The number of carboxylic acids is 1. The summed E-state index contributed by atoms with van der Waals surface area (Å²) in [6.07, 6.45) is 4.54. The zero-order valence-corrected chi connectivity index (χ0v) is 25.3. The summed E-state index contributed by atoms with van der Waals surface area (Å²) in [5.74, 6) is -1.42. The Morgan fingerprint density at radius 3 is 2.37 bits per heavy atom. The van der Waals surface area contributed by atoms with Gasteiger partial charge in [0.1, 0.15) is 12.6 Å². The van der Waals surface area contributed by atoms with Crippen LogP contribution in [0.2, 0.25) is 0 Å². The van der Waals surface area contributed by atoms with Gasteiger partial charge in [0.2, 0.25) is 5.91 Å². The highest BCUT2D eigenvalue weighted by molar-refractivity contribution is 9.09. The topological polar surface area (TPSA) is 155 Å². The average Bonchev–Trinajstić information content (AvgIpc) is 2.88. The van der Waals surface area contributed by atoms with Gasteiger partial charge in [0, 0.05) is 34.9 Å². The number of alkyl halides is 2. The molecule has 14 heteroatoms. The van der Waals surface area contributed by atoms with Crippen molar-refractivity contribution in [2.24, 2.45) is 5.41 Å². The van der Waals surface area contributed by atoms with Crippen molar-refractivity contribution in [2.75, 3.05) is 35.6 Å². The first-order valence-electron chi connectivity index (χ1n) is 12.2. The number of hydrogen-bond acceptors (Lipinski definition) is 6. The Hall–Kier alpha value is -1.76. The van der Waals surface area contributed by atoms with Crippen LogP contribution in [0.15, 0.2) is 36.4 Å². The zero-order valence-electron chi connectivity index (χ0n) is 21.2. The van der Waals surface area contributed by atoms with Gasteiger partial charge >= 0.3 is 19.7 Å². The van der Waals surface area contributed by atoms with E-state index in [0.717, 1.165) is 5.56 Å². The van der Waals surface area contributed by atoms with Crippen molar-refractivity contribution in [3.05, 3.63) is 42.0 Å². The van der Waals surface area contributed by atoms with E-state index in [1.54, 1.807) is 37.3 Å². The Morgan fingerprint density at radius 1 is 1.11 bits per heavy atom. The second-order valence-corrected chi connectivity index (χ2v) is 12.5. The molecular formula is C24H35Br2N4O7P. The number of carboxylic acid groups (broad SMARTS) is 1. The van der Waals surface area contributed by atoms with Crippen LogP contribution in [0, 0.1) is 5.41 Å². The normalized spacial score (nSPS) is 20.6. The molecule has 0 aliphatic heterocycles. The highest BCUT2D eigenvalue weighted by atomic mass is 79.9. The second-order valence-electron chi connectivity index (χ2n) is 8.93. The number of carbonyl (C=O) groups excluding carboxylic acids is 2. The largest absolute Gasteiger partial charge is 0.480 e. The molecule has 0 spiro atoms. The summed E-state index contributed by atoms with van der Waals surface area (Å²) >= 11 is 6.59. The average molecular weight is 682 g/mol. The lowest BCUT2D eigenvalue weighted by atomic mass is 9.78. The third-order valence-corrected chi connectivity index (χ3v) is 8.41. The Kier molecular flexibility index (Phi) is 14.0. The third kappa shape index (κ3) is 11.5. The van der Waals surface area contributed by atoms with Gasteiger partial charge in [-0.2, -0.15) is 0 Å². The smallest absolute Gasteiger partial charge is 0.412 e. The van der Waals surface area contributed by atoms with Crippen molar-refractivity contribution >= 4 is 63.2 Å². The summed E-state index contributed by atoms with van der Waals surface area (Å²) in [6, 6.07) is 6.90. The lowest BCUT2D eigenvalue weighted by Crippen LogP contribution is -2.42. The van der Waals surface area contributed by atoms with Gasteiger partial charge in [-0.25, -0.2) is 15.0 Å². The lowest BCUT2D eigenvalue weighted by molar-refractivity contribution is -0.140. The predicted molar refractivity (Wildman–Crippen MR) is 153 cm³/mol. The molecule has 11 nitrogen and oxygen atoms in total. The minimum Gasteiger partial charge on any atom is -0.480 e. The molecule has 2 rings (SSSR count). The number of halogens is 2. The molecule has 0 unspecified atom stereocenters. The Labute approximate surface area is 239 Å². The van der Waals surface area contributed by atoms with Crippen LogP contribution in [0.1, 0.15) is 38.2 Å². The number of aliphatic carboxylic acids is 1. The van der Waals surface area contributed by atoms with Gasteiger partial charge in [-0.05, 0) is 49.5 Å². The quantitative estimate of drug-likeness (QED) is 0.108. The van der Waals surface area contributed by atoms with E-state index in [-0.39, 0.29) is 12.5 Å². The summed E-state index contributed by atoms with van der Waals surface area (Å²) < 4.78 is 24.1. The molecule has 1 aromatic rings. The standard InChI is InChI=1S/C24H35Br2N4O7P/c1-24(22(33)27-16-21(31)32)10-3-2-4-20(9-11-24)37-23(34)30-19-7-5-18(6-8-19)17-36-38(35,28-14-12-25)29-15-13-26/h2,4-8,20H,3,9-17H2,1H3,(H,27,33)(H,30,34)(H,31,32)(H2,28,29,35)/b4-2+/t20-,24+/m0/s1. The lowest BCUT2D eigenvalue weighted by Gasteiger charge is -2.30. The van der Waals surface area contributed by atoms with Crippen molar-refractivity contribution < 1.29 is 33.3 Å². The predicted octanol–water partition coefficient (Wildman–Crippen LogP) is 4.53. The van der Waals surface area contributed by atoms with E-state index in [1.165, 1.54) is 0 Å². The number of nitrogens with one attached hydrogen (secondary N) is 4. The summed E-state index contributed by atoms with van der Waals surface area (Å²) in [4.78, 5) is 35.8. The number of benzene rings is 1. The Balaban J connectivity index is 1.88. The second kappa shape index (κ2) is 16.4. The Morgan fingerprint density at radius 2 is 1.76 bits per heavy atom. The fourth-order valence-electron chi connectivity index (χ4n) is 3.69. The number of rotatable bonds is 14. The molecule has 0 bridgehead atoms. The summed E-state index contributed by atoms with van der Waals surface area (Å²) in [6.45, 7) is 2.42. The third-order valence-electron chi connectivity index (χ3n) is 5.84. The first kappa shape index (κ1) is 32.5. The van der Waals surface area contributed by atoms with E-state index in [0.29, 0.717) is 55.1 Å². The van der Waals surface area contributed by atoms with Crippen LogP contribution in [0.4, 0.5) is 10.5 Å². The van der Waals surface area contributed by atoms with E-state index in [4.69, 9.17) is 14.4 Å².